The maximum absolute atomic E-state index is 11.7. The van der Waals surface area contributed by atoms with E-state index in [1.807, 2.05) is 61.5 Å². The molecule has 0 heterocycles. The summed E-state index contributed by atoms with van der Waals surface area (Å²) in [7, 11) is 0. The largest absolute Gasteiger partial charge is 0.334 e. The van der Waals surface area contributed by atoms with Crippen molar-refractivity contribution in [2.75, 3.05) is 0 Å². The summed E-state index contributed by atoms with van der Waals surface area (Å²) < 4.78 is 1.00. The third-order valence-corrected chi connectivity index (χ3v) is 3.50. The van der Waals surface area contributed by atoms with Crippen molar-refractivity contribution in [3.8, 4) is 0 Å². The van der Waals surface area contributed by atoms with E-state index < -0.39 is 0 Å². The van der Waals surface area contributed by atoms with E-state index >= 15 is 0 Å². The Balaban J connectivity index is 1.81. The van der Waals surface area contributed by atoms with Crippen LogP contribution in [0.1, 0.15) is 16.7 Å². The van der Waals surface area contributed by atoms with Gasteiger partial charge in [0.25, 0.3) is 0 Å². The lowest BCUT2D eigenvalue weighted by Gasteiger charge is -2.05. The smallest absolute Gasteiger partial charge is 0.319 e. The molecule has 2 aromatic rings. The van der Waals surface area contributed by atoms with Crippen molar-refractivity contribution < 1.29 is 4.79 Å². The zero-order chi connectivity index (χ0) is 15.1. The second-order valence-electron chi connectivity index (χ2n) is 4.65. The summed E-state index contributed by atoms with van der Waals surface area (Å²) in [5, 5.41) is 5.51. The summed E-state index contributed by atoms with van der Waals surface area (Å²) in [4.78, 5) is 11.7. The molecular weight excluding hydrogens is 328 g/mol. The van der Waals surface area contributed by atoms with Gasteiger partial charge in [-0.15, -0.1) is 0 Å². The van der Waals surface area contributed by atoms with Crippen LogP contribution in [-0.2, 0) is 6.54 Å². The molecule has 0 aromatic heterocycles. The summed E-state index contributed by atoms with van der Waals surface area (Å²) in [5.74, 6) is 0. The number of carbonyl (C=O) groups is 1. The fraction of sp³-hybridized carbons (Fsp3) is 0.118. The first-order valence-corrected chi connectivity index (χ1v) is 7.45. The van der Waals surface area contributed by atoms with E-state index in [4.69, 9.17) is 0 Å². The Kier molecular flexibility index (Phi) is 5.58. The molecule has 108 valence electrons. The number of carbonyl (C=O) groups excluding carboxylic acids is 1. The zero-order valence-electron chi connectivity index (χ0n) is 11.8. The molecule has 0 spiro atoms. The fourth-order valence-electron chi connectivity index (χ4n) is 1.86. The molecule has 0 saturated carbocycles. The van der Waals surface area contributed by atoms with E-state index in [1.165, 1.54) is 5.56 Å². The topological polar surface area (TPSA) is 41.1 Å². The highest BCUT2D eigenvalue weighted by Gasteiger charge is 1.98. The molecule has 0 aliphatic rings. The Hall–Kier alpha value is -2.07. The van der Waals surface area contributed by atoms with Crippen LogP contribution in [0.25, 0.3) is 6.08 Å². The summed E-state index contributed by atoms with van der Waals surface area (Å²) in [6.45, 7) is 2.52. The molecule has 0 radical (unpaired) electrons. The van der Waals surface area contributed by atoms with Gasteiger partial charge in [-0.1, -0.05) is 52.3 Å². The first-order valence-electron chi connectivity index (χ1n) is 6.66. The minimum absolute atomic E-state index is 0.222. The van der Waals surface area contributed by atoms with Gasteiger partial charge < -0.3 is 10.6 Å². The second-order valence-corrected chi connectivity index (χ2v) is 5.56. The third kappa shape index (κ3) is 5.08. The van der Waals surface area contributed by atoms with Gasteiger partial charge in [-0.25, -0.2) is 4.79 Å². The standard InChI is InChI=1S/C17H17BrN2O/c1-13-5-2-3-7-15(13)9-10-19-17(21)20-12-14-6-4-8-16(18)11-14/h2-11H,12H2,1H3,(H2,19,20,21)/b10-9+. The SMILES string of the molecule is Cc1ccccc1/C=C/NC(=O)NCc1cccc(Br)c1. The van der Waals surface area contributed by atoms with E-state index in [0.29, 0.717) is 6.54 Å². The van der Waals surface area contributed by atoms with Crippen molar-refractivity contribution in [2.45, 2.75) is 13.5 Å². The molecular formula is C17H17BrN2O. The highest BCUT2D eigenvalue weighted by Crippen LogP contribution is 2.11. The van der Waals surface area contributed by atoms with Crippen LogP contribution in [0.5, 0.6) is 0 Å². The van der Waals surface area contributed by atoms with Crippen LogP contribution in [0.4, 0.5) is 4.79 Å². The summed E-state index contributed by atoms with van der Waals surface area (Å²) in [6.07, 6.45) is 3.53. The number of hydrogen-bond donors (Lipinski definition) is 2. The van der Waals surface area contributed by atoms with Gasteiger partial charge in [0.1, 0.15) is 0 Å². The van der Waals surface area contributed by atoms with E-state index in [0.717, 1.165) is 15.6 Å². The van der Waals surface area contributed by atoms with Gasteiger partial charge in [0, 0.05) is 17.2 Å². The average Bonchev–Trinajstić information content (AvgIpc) is 2.47. The number of aryl methyl sites for hydroxylation is 1. The number of nitrogens with one attached hydrogen (secondary N) is 2. The number of benzene rings is 2. The van der Waals surface area contributed by atoms with Crippen molar-refractivity contribution in [3.05, 3.63) is 75.9 Å². The summed E-state index contributed by atoms with van der Waals surface area (Å²) >= 11 is 3.40. The van der Waals surface area contributed by atoms with Crippen molar-refractivity contribution in [2.24, 2.45) is 0 Å². The zero-order valence-corrected chi connectivity index (χ0v) is 13.4. The van der Waals surface area contributed by atoms with E-state index in [9.17, 15) is 4.79 Å². The molecule has 3 nitrogen and oxygen atoms in total. The Labute approximate surface area is 133 Å². The highest BCUT2D eigenvalue weighted by molar-refractivity contribution is 9.10. The highest BCUT2D eigenvalue weighted by atomic mass is 79.9. The van der Waals surface area contributed by atoms with Crippen LogP contribution >= 0.6 is 15.9 Å². The molecule has 0 atom stereocenters. The Morgan fingerprint density at radius 2 is 2.00 bits per heavy atom. The number of hydrogen-bond acceptors (Lipinski definition) is 1. The molecule has 4 heteroatoms. The summed E-state index contributed by atoms with van der Waals surface area (Å²) in [5.41, 5.74) is 3.30. The Bertz CT molecular complexity index is 653. The van der Waals surface area contributed by atoms with E-state index in [1.54, 1.807) is 6.20 Å². The fourth-order valence-corrected chi connectivity index (χ4v) is 2.31. The van der Waals surface area contributed by atoms with Crippen LogP contribution < -0.4 is 10.6 Å². The minimum atomic E-state index is -0.222. The quantitative estimate of drug-likeness (QED) is 0.856. The maximum Gasteiger partial charge on any atom is 0.319 e. The van der Waals surface area contributed by atoms with Crippen LogP contribution in [-0.4, -0.2) is 6.03 Å². The Morgan fingerprint density at radius 1 is 1.19 bits per heavy atom. The lowest BCUT2D eigenvalue weighted by Crippen LogP contribution is -2.31. The second kappa shape index (κ2) is 7.64. The normalized spacial score (nSPS) is 10.6. The van der Waals surface area contributed by atoms with Crippen LogP contribution in [0.3, 0.4) is 0 Å². The first kappa shape index (κ1) is 15.3. The molecule has 21 heavy (non-hydrogen) atoms. The van der Waals surface area contributed by atoms with Crippen LogP contribution in [0, 0.1) is 6.92 Å². The van der Waals surface area contributed by atoms with Crippen molar-refractivity contribution >= 4 is 28.0 Å². The number of halogens is 1. The third-order valence-electron chi connectivity index (χ3n) is 3.01. The molecule has 0 aliphatic heterocycles. The minimum Gasteiger partial charge on any atom is -0.334 e. The molecule has 2 aromatic carbocycles. The molecule has 0 aliphatic carbocycles. The molecule has 0 fully saturated rings. The van der Waals surface area contributed by atoms with Crippen LogP contribution in [0.15, 0.2) is 59.2 Å². The average molecular weight is 345 g/mol. The molecule has 0 saturated heterocycles. The van der Waals surface area contributed by atoms with Gasteiger partial charge >= 0.3 is 6.03 Å². The number of urea groups is 1. The van der Waals surface area contributed by atoms with Crippen molar-refractivity contribution in [1.82, 2.24) is 10.6 Å². The molecule has 2 amide bonds. The molecule has 2 N–H and O–H groups in total. The van der Waals surface area contributed by atoms with Gasteiger partial charge in [-0.2, -0.15) is 0 Å². The lowest BCUT2D eigenvalue weighted by molar-refractivity contribution is 0.244. The van der Waals surface area contributed by atoms with Crippen molar-refractivity contribution in [3.63, 3.8) is 0 Å². The first-order chi connectivity index (χ1) is 10.1. The number of amides is 2. The van der Waals surface area contributed by atoms with Gasteiger partial charge in [0.2, 0.25) is 0 Å². The summed E-state index contributed by atoms with van der Waals surface area (Å²) in [6, 6.07) is 15.6. The van der Waals surface area contributed by atoms with Crippen molar-refractivity contribution in [1.29, 1.82) is 0 Å². The van der Waals surface area contributed by atoms with E-state index in [-0.39, 0.29) is 6.03 Å². The van der Waals surface area contributed by atoms with Gasteiger partial charge in [0.05, 0.1) is 0 Å². The van der Waals surface area contributed by atoms with E-state index in [2.05, 4.69) is 26.6 Å². The lowest BCUT2D eigenvalue weighted by atomic mass is 10.1. The molecule has 2 rings (SSSR count). The molecule has 0 unspecified atom stereocenters. The number of rotatable bonds is 4. The predicted octanol–water partition coefficient (Wildman–Crippen LogP) is 4.23. The predicted molar refractivity (Wildman–Crippen MR) is 89.7 cm³/mol. The Morgan fingerprint density at radius 3 is 2.76 bits per heavy atom. The van der Waals surface area contributed by atoms with Gasteiger partial charge in [-0.05, 0) is 41.8 Å². The van der Waals surface area contributed by atoms with Crippen LogP contribution in [0.2, 0.25) is 0 Å². The maximum atomic E-state index is 11.7. The molecule has 0 bridgehead atoms. The monoisotopic (exact) mass is 344 g/mol. The van der Waals surface area contributed by atoms with Gasteiger partial charge in [-0.3, -0.25) is 0 Å². The van der Waals surface area contributed by atoms with Gasteiger partial charge in [0.15, 0.2) is 0 Å².